The Bertz CT molecular complexity index is 120. The third-order valence-corrected chi connectivity index (χ3v) is 3.44. The molecule has 72 valence electrons. The zero-order valence-corrected chi connectivity index (χ0v) is 8.84. The number of piperidine rings is 1. The van der Waals surface area contributed by atoms with Crippen LogP contribution in [0, 0.1) is 11.8 Å². The van der Waals surface area contributed by atoms with Crippen LogP contribution in [-0.4, -0.2) is 24.5 Å². The molecule has 0 radical (unpaired) electrons. The van der Waals surface area contributed by atoms with E-state index in [0.29, 0.717) is 0 Å². The molecule has 1 aliphatic rings. The van der Waals surface area contributed by atoms with Crippen LogP contribution in [-0.2, 0) is 0 Å². The van der Waals surface area contributed by atoms with Gasteiger partial charge >= 0.3 is 0 Å². The molecule has 1 heterocycles. The van der Waals surface area contributed by atoms with Crippen LogP contribution in [0.25, 0.3) is 0 Å². The summed E-state index contributed by atoms with van der Waals surface area (Å²) in [6.45, 7) is 10.9. The Kier molecular flexibility index (Phi) is 4.07. The topological polar surface area (TPSA) is 3.24 Å². The van der Waals surface area contributed by atoms with Crippen LogP contribution in [0.4, 0.5) is 0 Å². The van der Waals surface area contributed by atoms with Crippen LogP contribution < -0.4 is 0 Å². The largest absolute Gasteiger partial charge is 0.303 e. The van der Waals surface area contributed by atoms with E-state index >= 15 is 0 Å². The molecule has 1 aliphatic heterocycles. The van der Waals surface area contributed by atoms with Gasteiger partial charge in [-0.3, -0.25) is 0 Å². The molecule has 12 heavy (non-hydrogen) atoms. The van der Waals surface area contributed by atoms with Crippen molar-refractivity contribution in [2.24, 2.45) is 11.8 Å². The second-order valence-electron chi connectivity index (χ2n) is 4.18. The van der Waals surface area contributed by atoms with Gasteiger partial charge < -0.3 is 4.90 Å². The first-order valence-electron chi connectivity index (χ1n) is 5.50. The molecular weight excluding hydrogens is 146 g/mol. The fraction of sp³-hybridized carbons (Fsp3) is 1.00. The van der Waals surface area contributed by atoms with Crippen LogP contribution in [0.1, 0.15) is 40.0 Å². The van der Waals surface area contributed by atoms with Gasteiger partial charge in [-0.25, -0.2) is 0 Å². The van der Waals surface area contributed by atoms with Crippen molar-refractivity contribution < 1.29 is 0 Å². The zero-order chi connectivity index (χ0) is 8.97. The summed E-state index contributed by atoms with van der Waals surface area (Å²) in [4.78, 5) is 2.60. The molecule has 0 spiro atoms. The smallest absolute Gasteiger partial charge is 0.00121 e. The third-order valence-electron chi connectivity index (χ3n) is 3.44. The normalized spacial score (nSPS) is 28.8. The maximum Gasteiger partial charge on any atom is 0.00121 e. The Morgan fingerprint density at radius 3 is 2.75 bits per heavy atom. The van der Waals surface area contributed by atoms with Gasteiger partial charge in [0.15, 0.2) is 0 Å². The molecule has 0 aromatic carbocycles. The van der Waals surface area contributed by atoms with Crippen LogP contribution in [0.15, 0.2) is 0 Å². The first-order valence-corrected chi connectivity index (χ1v) is 5.50. The van der Waals surface area contributed by atoms with Gasteiger partial charge in [-0.1, -0.05) is 27.2 Å². The van der Waals surface area contributed by atoms with E-state index in [4.69, 9.17) is 0 Å². The molecule has 2 unspecified atom stereocenters. The van der Waals surface area contributed by atoms with Gasteiger partial charge in [0.2, 0.25) is 0 Å². The van der Waals surface area contributed by atoms with E-state index in [1.165, 1.54) is 38.9 Å². The van der Waals surface area contributed by atoms with Crippen LogP contribution in [0.5, 0.6) is 0 Å². The van der Waals surface area contributed by atoms with Crippen molar-refractivity contribution in [3.05, 3.63) is 0 Å². The molecule has 1 nitrogen and oxygen atoms in total. The maximum atomic E-state index is 2.60. The highest BCUT2D eigenvalue weighted by Crippen LogP contribution is 2.25. The molecule has 0 bridgehead atoms. The van der Waals surface area contributed by atoms with Gasteiger partial charge in [0.05, 0.1) is 0 Å². The number of hydrogen-bond donors (Lipinski definition) is 0. The van der Waals surface area contributed by atoms with Crippen molar-refractivity contribution in [3.8, 4) is 0 Å². The van der Waals surface area contributed by atoms with E-state index in [-0.39, 0.29) is 0 Å². The molecule has 0 N–H and O–H groups in total. The molecule has 0 aliphatic carbocycles. The molecule has 1 heteroatoms. The van der Waals surface area contributed by atoms with Gasteiger partial charge in [-0.15, -0.1) is 0 Å². The van der Waals surface area contributed by atoms with Gasteiger partial charge in [0.1, 0.15) is 0 Å². The number of likely N-dealkylation sites (tertiary alicyclic amines) is 1. The van der Waals surface area contributed by atoms with E-state index in [0.717, 1.165) is 11.8 Å². The van der Waals surface area contributed by atoms with Crippen molar-refractivity contribution >= 4 is 0 Å². The van der Waals surface area contributed by atoms with Crippen LogP contribution >= 0.6 is 0 Å². The lowest BCUT2D eigenvalue weighted by Crippen LogP contribution is -2.37. The van der Waals surface area contributed by atoms with E-state index < -0.39 is 0 Å². The molecule has 1 fully saturated rings. The molecule has 0 aromatic rings. The van der Waals surface area contributed by atoms with E-state index in [9.17, 15) is 0 Å². The van der Waals surface area contributed by atoms with Crippen molar-refractivity contribution in [1.82, 2.24) is 4.90 Å². The minimum absolute atomic E-state index is 0.930. The van der Waals surface area contributed by atoms with E-state index in [1.54, 1.807) is 0 Å². The van der Waals surface area contributed by atoms with Crippen molar-refractivity contribution in [1.29, 1.82) is 0 Å². The standard InChI is InChI=1S/C11H23N/c1-4-10(3)11-7-6-8-12(5-2)9-11/h10-11H,4-9H2,1-3H3. The number of nitrogens with zero attached hydrogens (tertiary/aromatic N) is 1. The van der Waals surface area contributed by atoms with E-state index in [1.807, 2.05) is 0 Å². The maximum absolute atomic E-state index is 2.60. The molecule has 0 aromatic heterocycles. The SMILES string of the molecule is CCC(C)C1CCCN(CC)C1. The highest BCUT2D eigenvalue weighted by molar-refractivity contribution is 4.75. The second kappa shape index (κ2) is 4.86. The Hall–Kier alpha value is -0.0400. The molecular formula is C11H23N. The quantitative estimate of drug-likeness (QED) is 0.628. The number of hydrogen-bond acceptors (Lipinski definition) is 1. The highest BCUT2D eigenvalue weighted by atomic mass is 15.1. The summed E-state index contributed by atoms with van der Waals surface area (Å²) in [6.07, 6.45) is 4.23. The molecule has 1 saturated heterocycles. The minimum Gasteiger partial charge on any atom is -0.303 e. The van der Waals surface area contributed by atoms with Gasteiger partial charge in [0, 0.05) is 6.54 Å². The average molecular weight is 169 g/mol. The monoisotopic (exact) mass is 169 g/mol. The fourth-order valence-electron chi connectivity index (χ4n) is 2.18. The van der Waals surface area contributed by atoms with Crippen LogP contribution in [0.3, 0.4) is 0 Å². The first kappa shape index (κ1) is 10.0. The first-order chi connectivity index (χ1) is 5.77. The van der Waals surface area contributed by atoms with Gasteiger partial charge in [-0.2, -0.15) is 0 Å². The highest BCUT2D eigenvalue weighted by Gasteiger charge is 2.22. The Morgan fingerprint density at radius 2 is 2.17 bits per heavy atom. The lowest BCUT2D eigenvalue weighted by atomic mass is 9.85. The summed E-state index contributed by atoms with van der Waals surface area (Å²) in [5.41, 5.74) is 0. The molecule has 1 rings (SSSR count). The van der Waals surface area contributed by atoms with Gasteiger partial charge in [0.25, 0.3) is 0 Å². The van der Waals surface area contributed by atoms with Gasteiger partial charge in [-0.05, 0) is 37.8 Å². The molecule has 2 atom stereocenters. The predicted molar refractivity (Wildman–Crippen MR) is 54.3 cm³/mol. The molecule has 0 amide bonds. The van der Waals surface area contributed by atoms with Crippen molar-refractivity contribution in [2.45, 2.75) is 40.0 Å². The lowest BCUT2D eigenvalue weighted by Gasteiger charge is -2.34. The minimum atomic E-state index is 0.930. The van der Waals surface area contributed by atoms with E-state index in [2.05, 4.69) is 25.7 Å². The predicted octanol–water partition coefficient (Wildman–Crippen LogP) is 2.76. The summed E-state index contributed by atoms with van der Waals surface area (Å²) in [5, 5.41) is 0. The summed E-state index contributed by atoms with van der Waals surface area (Å²) < 4.78 is 0. The fourth-order valence-corrected chi connectivity index (χ4v) is 2.18. The van der Waals surface area contributed by atoms with Crippen LogP contribution in [0.2, 0.25) is 0 Å². The summed E-state index contributed by atoms with van der Waals surface area (Å²) in [6, 6.07) is 0. The van der Waals surface area contributed by atoms with Crippen molar-refractivity contribution in [2.75, 3.05) is 19.6 Å². The summed E-state index contributed by atoms with van der Waals surface area (Å²) in [7, 11) is 0. The van der Waals surface area contributed by atoms with Crippen molar-refractivity contribution in [3.63, 3.8) is 0 Å². The Morgan fingerprint density at radius 1 is 1.42 bits per heavy atom. The summed E-state index contributed by atoms with van der Waals surface area (Å²) >= 11 is 0. The third kappa shape index (κ3) is 2.48. The summed E-state index contributed by atoms with van der Waals surface area (Å²) in [5.74, 6) is 1.91. The average Bonchev–Trinajstić information content (AvgIpc) is 2.17. The Balaban J connectivity index is 2.34. The second-order valence-corrected chi connectivity index (χ2v) is 4.18. The zero-order valence-electron chi connectivity index (χ0n) is 8.84. The number of rotatable bonds is 3. The Labute approximate surface area is 77.1 Å². The molecule has 0 saturated carbocycles. The lowest BCUT2D eigenvalue weighted by molar-refractivity contribution is 0.144.